The summed E-state index contributed by atoms with van der Waals surface area (Å²) in [6, 6.07) is 19.6. The van der Waals surface area contributed by atoms with Crippen molar-refractivity contribution in [2.75, 3.05) is 0 Å². The Balaban J connectivity index is 0.000000191. The molecule has 0 aliphatic carbocycles. The topological polar surface area (TPSA) is 0 Å². The van der Waals surface area contributed by atoms with Crippen molar-refractivity contribution in [1.29, 1.82) is 0 Å². The van der Waals surface area contributed by atoms with E-state index in [1.807, 2.05) is 66.7 Å². The van der Waals surface area contributed by atoms with Crippen LogP contribution in [0, 0.1) is 0 Å². The summed E-state index contributed by atoms with van der Waals surface area (Å²) in [6.07, 6.45) is 3.55. The van der Waals surface area contributed by atoms with Crippen LogP contribution in [0.2, 0.25) is 0 Å². The maximum Gasteiger partial charge on any atom is 0.107 e. The zero-order chi connectivity index (χ0) is 13.9. The second kappa shape index (κ2) is 9.69. The van der Waals surface area contributed by atoms with E-state index in [-0.39, 0.29) is 4.49 Å². The molecule has 0 heterocycles. The van der Waals surface area contributed by atoms with E-state index in [4.69, 9.17) is 34.8 Å². The standard InChI is InChI=1S/C8H6Cl2.C8H7Cl/c9-8(10)6-7-4-2-1-3-5-7;9-7-6-8-4-2-1-3-5-8/h1-6H;1-7H. The van der Waals surface area contributed by atoms with E-state index in [2.05, 4.69) is 0 Å². The Labute approximate surface area is 128 Å². The molecule has 0 aromatic heterocycles. The lowest BCUT2D eigenvalue weighted by Crippen LogP contribution is -1.67. The lowest BCUT2D eigenvalue weighted by Gasteiger charge is -1.88. The van der Waals surface area contributed by atoms with Crippen molar-refractivity contribution < 1.29 is 0 Å². The summed E-state index contributed by atoms with van der Waals surface area (Å²) in [4.78, 5) is 0. The van der Waals surface area contributed by atoms with Crippen molar-refractivity contribution in [2.24, 2.45) is 0 Å². The molecule has 0 saturated carbocycles. The molecule has 0 spiro atoms. The Morgan fingerprint density at radius 3 is 1.63 bits per heavy atom. The van der Waals surface area contributed by atoms with Gasteiger partial charge in [-0.2, -0.15) is 0 Å². The van der Waals surface area contributed by atoms with E-state index in [9.17, 15) is 0 Å². The largest absolute Gasteiger partial charge is 0.107 e. The molecule has 0 nitrogen and oxygen atoms in total. The van der Waals surface area contributed by atoms with E-state index in [1.165, 1.54) is 5.54 Å². The minimum Gasteiger partial charge on any atom is -0.0929 e. The van der Waals surface area contributed by atoms with Gasteiger partial charge in [-0.1, -0.05) is 95.5 Å². The lowest BCUT2D eigenvalue weighted by molar-refractivity contribution is 1.66. The van der Waals surface area contributed by atoms with Gasteiger partial charge in [0.25, 0.3) is 0 Å². The number of benzene rings is 2. The van der Waals surface area contributed by atoms with Crippen molar-refractivity contribution in [3.63, 3.8) is 0 Å². The first-order valence-corrected chi connectivity index (χ1v) is 6.81. The van der Waals surface area contributed by atoms with Gasteiger partial charge in [0.2, 0.25) is 0 Å². The highest BCUT2D eigenvalue weighted by Gasteiger charge is 1.85. The molecule has 0 aliphatic rings. The number of halogens is 3. The Morgan fingerprint density at radius 1 is 0.737 bits per heavy atom. The average molecular weight is 312 g/mol. The highest BCUT2D eigenvalue weighted by molar-refractivity contribution is 6.57. The van der Waals surface area contributed by atoms with Crippen molar-refractivity contribution in [3.8, 4) is 0 Å². The van der Waals surface area contributed by atoms with Gasteiger partial charge in [0.1, 0.15) is 4.49 Å². The first-order chi connectivity index (χ1) is 9.22. The van der Waals surface area contributed by atoms with Crippen molar-refractivity contribution in [3.05, 3.63) is 81.8 Å². The van der Waals surface area contributed by atoms with Gasteiger partial charge in [0, 0.05) is 5.54 Å². The third-order valence-corrected chi connectivity index (χ3v) is 2.47. The van der Waals surface area contributed by atoms with Crippen LogP contribution >= 0.6 is 34.8 Å². The maximum absolute atomic E-state index is 5.44. The van der Waals surface area contributed by atoms with Crippen LogP contribution in [-0.2, 0) is 0 Å². The first kappa shape index (κ1) is 15.8. The van der Waals surface area contributed by atoms with E-state index in [0.717, 1.165) is 11.1 Å². The van der Waals surface area contributed by atoms with E-state index in [1.54, 1.807) is 6.08 Å². The zero-order valence-electron chi connectivity index (χ0n) is 10.1. The Hall–Kier alpha value is -1.21. The lowest BCUT2D eigenvalue weighted by atomic mass is 10.2. The summed E-state index contributed by atoms with van der Waals surface area (Å²) in [7, 11) is 0. The maximum atomic E-state index is 5.44. The monoisotopic (exact) mass is 310 g/mol. The molecule has 98 valence electrons. The molecule has 0 unspecified atom stereocenters. The van der Waals surface area contributed by atoms with E-state index in [0.29, 0.717) is 0 Å². The first-order valence-electron chi connectivity index (χ1n) is 5.62. The van der Waals surface area contributed by atoms with Gasteiger partial charge in [-0.15, -0.1) is 0 Å². The summed E-state index contributed by atoms with van der Waals surface area (Å²) >= 11 is 16.2. The Kier molecular flexibility index (Phi) is 8.08. The molecule has 0 aliphatic heterocycles. The molecule has 0 amide bonds. The fourth-order valence-electron chi connectivity index (χ4n) is 1.31. The molecule has 0 N–H and O–H groups in total. The second-order valence-corrected chi connectivity index (χ2v) is 4.81. The number of rotatable bonds is 2. The quantitative estimate of drug-likeness (QED) is 0.605. The highest BCUT2D eigenvalue weighted by atomic mass is 35.5. The van der Waals surface area contributed by atoms with Crippen LogP contribution in [0.1, 0.15) is 11.1 Å². The molecule has 2 rings (SSSR count). The summed E-state index contributed by atoms with van der Waals surface area (Å²) in [5.41, 5.74) is 3.66. The molecule has 0 radical (unpaired) electrons. The normalized spacial score (nSPS) is 9.63. The van der Waals surface area contributed by atoms with E-state index >= 15 is 0 Å². The van der Waals surface area contributed by atoms with Gasteiger partial charge in [-0.05, 0) is 23.3 Å². The summed E-state index contributed by atoms with van der Waals surface area (Å²) in [6.45, 7) is 0. The number of hydrogen-bond donors (Lipinski definition) is 0. The third kappa shape index (κ3) is 7.74. The predicted octanol–water partition coefficient (Wildman–Crippen LogP) is 6.36. The van der Waals surface area contributed by atoms with E-state index < -0.39 is 0 Å². The Bertz CT molecular complexity index is 512. The zero-order valence-corrected chi connectivity index (χ0v) is 12.4. The molecule has 2 aromatic carbocycles. The second-order valence-electron chi connectivity index (χ2n) is 3.55. The SMILES string of the molecule is ClC(Cl)=Cc1ccccc1.ClC=Cc1ccccc1. The molecule has 0 saturated heterocycles. The van der Waals surface area contributed by atoms with Gasteiger partial charge < -0.3 is 0 Å². The van der Waals surface area contributed by atoms with Crippen LogP contribution in [0.5, 0.6) is 0 Å². The molecule has 2 aromatic rings. The van der Waals surface area contributed by atoms with Gasteiger partial charge >= 0.3 is 0 Å². The van der Waals surface area contributed by atoms with Crippen molar-refractivity contribution >= 4 is 47.0 Å². The highest BCUT2D eigenvalue weighted by Crippen LogP contribution is 2.12. The average Bonchev–Trinajstić information content (AvgIpc) is 2.41. The van der Waals surface area contributed by atoms with Crippen LogP contribution in [0.4, 0.5) is 0 Å². The van der Waals surface area contributed by atoms with Crippen LogP contribution in [0.25, 0.3) is 12.2 Å². The van der Waals surface area contributed by atoms with Crippen LogP contribution < -0.4 is 0 Å². The molecule has 0 atom stereocenters. The van der Waals surface area contributed by atoms with Crippen LogP contribution in [0.3, 0.4) is 0 Å². The van der Waals surface area contributed by atoms with Crippen LogP contribution in [0.15, 0.2) is 70.7 Å². The third-order valence-electron chi connectivity index (χ3n) is 2.13. The summed E-state index contributed by atoms with van der Waals surface area (Å²) < 4.78 is 0.284. The summed E-state index contributed by atoms with van der Waals surface area (Å²) in [5.74, 6) is 0. The Morgan fingerprint density at radius 2 is 1.21 bits per heavy atom. The minimum atomic E-state index is 0.284. The van der Waals surface area contributed by atoms with Crippen molar-refractivity contribution in [2.45, 2.75) is 0 Å². The van der Waals surface area contributed by atoms with Gasteiger partial charge in [-0.25, -0.2) is 0 Å². The fourth-order valence-corrected chi connectivity index (χ4v) is 1.71. The molecule has 3 heteroatoms. The molecule has 0 fully saturated rings. The molecular formula is C16H13Cl3. The summed E-state index contributed by atoms with van der Waals surface area (Å²) in [5, 5.41) is 0. The van der Waals surface area contributed by atoms with Crippen molar-refractivity contribution in [1.82, 2.24) is 0 Å². The molecular weight excluding hydrogens is 299 g/mol. The predicted molar refractivity (Wildman–Crippen MR) is 87.5 cm³/mol. The fraction of sp³-hybridized carbons (Fsp3) is 0. The molecule has 19 heavy (non-hydrogen) atoms. The molecule has 0 bridgehead atoms. The van der Waals surface area contributed by atoms with Gasteiger partial charge in [0.15, 0.2) is 0 Å². The van der Waals surface area contributed by atoms with Gasteiger partial charge in [0.05, 0.1) is 0 Å². The smallest absolute Gasteiger partial charge is 0.0929 e. The van der Waals surface area contributed by atoms with Crippen LogP contribution in [-0.4, -0.2) is 0 Å². The number of hydrogen-bond acceptors (Lipinski definition) is 0. The van der Waals surface area contributed by atoms with Gasteiger partial charge in [-0.3, -0.25) is 0 Å². The minimum absolute atomic E-state index is 0.284.